The molecule has 1 aliphatic heterocycles. The van der Waals surface area contributed by atoms with Gasteiger partial charge in [0.05, 0.1) is 19.1 Å². The Balaban J connectivity index is 1.28. The van der Waals surface area contributed by atoms with Crippen molar-refractivity contribution in [2.45, 2.75) is 45.6 Å². The van der Waals surface area contributed by atoms with Crippen molar-refractivity contribution in [1.82, 2.24) is 10.2 Å². The molecule has 0 radical (unpaired) electrons. The zero-order chi connectivity index (χ0) is 23.2. The molecule has 2 amide bonds. The van der Waals surface area contributed by atoms with E-state index in [0.717, 1.165) is 18.4 Å². The van der Waals surface area contributed by atoms with E-state index in [1.807, 2.05) is 18.7 Å². The highest BCUT2D eigenvalue weighted by Crippen LogP contribution is 2.32. The fraction of sp³-hybridized carbons (Fsp3) is 0.462. The van der Waals surface area contributed by atoms with E-state index in [0.29, 0.717) is 36.9 Å². The molecule has 4 rings (SSSR count). The lowest BCUT2D eigenvalue weighted by Crippen LogP contribution is -2.41. The highest BCUT2D eigenvalue weighted by molar-refractivity contribution is 5.93. The maximum atomic E-state index is 12.7. The lowest BCUT2D eigenvalue weighted by Gasteiger charge is -2.23. The van der Waals surface area contributed by atoms with E-state index >= 15 is 0 Å². The molecule has 2 aliphatic rings. The van der Waals surface area contributed by atoms with E-state index in [9.17, 15) is 9.59 Å². The van der Waals surface area contributed by atoms with Crippen LogP contribution in [-0.4, -0.2) is 49.6 Å². The molecule has 0 aromatic heterocycles. The third-order valence-corrected chi connectivity index (χ3v) is 6.26. The van der Waals surface area contributed by atoms with Crippen LogP contribution in [0.4, 0.5) is 5.69 Å². The standard InChI is InChI=1S/C26H33N3O4/c1-3-29(17-26(31)28-22-10-11-23-24(15-22)33-13-12-32-23)16-25(30)27-18(2)20-9-8-19-6-4-5-7-21(19)14-20/h8-11,14-15,18H,3-7,12-13,16-17H2,1-2H3,(H,27,30)(H,28,31). The van der Waals surface area contributed by atoms with Crippen LogP contribution in [0.1, 0.15) is 49.4 Å². The molecular formula is C26H33N3O4. The Kier molecular flexibility index (Phi) is 7.50. The van der Waals surface area contributed by atoms with Crippen molar-refractivity contribution >= 4 is 17.5 Å². The smallest absolute Gasteiger partial charge is 0.238 e. The van der Waals surface area contributed by atoms with E-state index in [1.165, 1.54) is 24.0 Å². The van der Waals surface area contributed by atoms with E-state index in [1.54, 1.807) is 18.2 Å². The Labute approximate surface area is 195 Å². The van der Waals surface area contributed by atoms with E-state index in [2.05, 4.69) is 28.8 Å². The van der Waals surface area contributed by atoms with Crippen LogP contribution in [0.25, 0.3) is 0 Å². The van der Waals surface area contributed by atoms with Gasteiger partial charge in [0.1, 0.15) is 13.2 Å². The summed E-state index contributed by atoms with van der Waals surface area (Å²) in [6.45, 7) is 5.86. The summed E-state index contributed by atoms with van der Waals surface area (Å²) in [7, 11) is 0. The van der Waals surface area contributed by atoms with Crippen molar-refractivity contribution in [2.24, 2.45) is 0 Å². The number of nitrogens with one attached hydrogen (secondary N) is 2. The Morgan fingerprint density at radius 3 is 2.45 bits per heavy atom. The number of benzene rings is 2. The Hall–Kier alpha value is -3.06. The van der Waals surface area contributed by atoms with Gasteiger partial charge in [-0.25, -0.2) is 0 Å². The highest BCUT2D eigenvalue weighted by Gasteiger charge is 2.18. The average Bonchev–Trinajstić information content (AvgIpc) is 2.83. The van der Waals surface area contributed by atoms with Gasteiger partial charge in [-0.3, -0.25) is 14.5 Å². The maximum absolute atomic E-state index is 12.7. The monoisotopic (exact) mass is 451 g/mol. The van der Waals surface area contributed by atoms with Gasteiger partial charge in [-0.2, -0.15) is 0 Å². The van der Waals surface area contributed by atoms with Gasteiger partial charge in [-0.15, -0.1) is 0 Å². The summed E-state index contributed by atoms with van der Waals surface area (Å²) in [6, 6.07) is 11.8. The van der Waals surface area contributed by atoms with Gasteiger partial charge >= 0.3 is 0 Å². The molecule has 7 heteroatoms. The third kappa shape index (κ3) is 6.05. The molecule has 2 aromatic rings. The lowest BCUT2D eigenvalue weighted by atomic mass is 9.89. The molecule has 2 N–H and O–H groups in total. The summed E-state index contributed by atoms with van der Waals surface area (Å²) in [4.78, 5) is 27.0. The molecule has 0 spiro atoms. The second-order valence-corrected chi connectivity index (χ2v) is 8.73. The molecule has 0 saturated carbocycles. The van der Waals surface area contributed by atoms with Gasteiger partial charge in [0, 0.05) is 11.8 Å². The summed E-state index contributed by atoms with van der Waals surface area (Å²) in [5.41, 5.74) is 4.62. The summed E-state index contributed by atoms with van der Waals surface area (Å²) in [6.07, 6.45) is 4.76. The summed E-state index contributed by atoms with van der Waals surface area (Å²) in [5, 5.41) is 5.96. The molecular weight excluding hydrogens is 418 g/mol. The molecule has 0 saturated heterocycles. The van der Waals surface area contributed by atoms with E-state index < -0.39 is 0 Å². The average molecular weight is 452 g/mol. The van der Waals surface area contributed by atoms with Crippen molar-refractivity contribution in [3.8, 4) is 11.5 Å². The van der Waals surface area contributed by atoms with Crippen molar-refractivity contribution in [1.29, 1.82) is 0 Å². The van der Waals surface area contributed by atoms with Crippen LogP contribution < -0.4 is 20.1 Å². The summed E-state index contributed by atoms with van der Waals surface area (Å²) < 4.78 is 11.1. The van der Waals surface area contributed by atoms with Crippen molar-refractivity contribution in [3.05, 3.63) is 53.1 Å². The van der Waals surface area contributed by atoms with Crippen LogP contribution in [0.3, 0.4) is 0 Å². The molecule has 176 valence electrons. The largest absolute Gasteiger partial charge is 0.486 e. The first kappa shape index (κ1) is 23.1. The molecule has 1 unspecified atom stereocenters. The maximum Gasteiger partial charge on any atom is 0.238 e. The highest BCUT2D eigenvalue weighted by atomic mass is 16.6. The van der Waals surface area contributed by atoms with Crippen LogP contribution in [0.2, 0.25) is 0 Å². The Bertz CT molecular complexity index is 1010. The van der Waals surface area contributed by atoms with Crippen molar-refractivity contribution in [2.75, 3.05) is 38.2 Å². The summed E-state index contributed by atoms with van der Waals surface area (Å²) in [5.74, 6) is 1.04. The Morgan fingerprint density at radius 2 is 1.67 bits per heavy atom. The first-order valence-electron chi connectivity index (χ1n) is 11.8. The molecule has 7 nitrogen and oxygen atoms in total. The number of nitrogens with zero attached hydrogens (tertiary/aromatic N) is 1. The number of likely N-dealkylation sites (N-methyl/N-ethyl adjacent to an activating group) is 1. The SMILES string of the molecule is CCN(CC(=O)Nc1ccc2c(c1)OCCO2)CC(=O)NC(C)c1ccc2c(c1)CCCC2. The first-order chi connectivity index (χ1) is 16.0. The number of aryl methyl sites for hydroxylation is 2. The van der Waals surface area contributed by atoms with Gasteiger partial charge in [-0.1, -0.05) is 25.1 Å². The number of carbonyl (C=O) groups excluding carboxylic acids is 2. The van der Waals surface area contributed by atoms with Gasteiger partial charge in [0.2, 0.25) is 11.8 Å². The number of amides is 2. The minimum atomic E-state index is -0.177. The fourth-order valence-electron chi connectivity index (χ4n) is 4.40. The molecule has 2 aromatic carbocycles. The second kappa shape index (κ2) is 10.7. The van der Waals surface area contributed by atoms with Gasteiger partial charge in [0.15, 0.2) is 11.5 Å². The molecule has 1 atom stereocenters. The fourth-order valence-corrected chi connectivity index (χ4v) is 4.40. The van der Waals surface area contributed by atoms with E-state index in [4.69, 9.17) is 9.47 Å². The zero-order valence-corrected chi connectivity index (χ0v) is 19.5. The number of rotatable bonds is 8. The summed E-state index contributed by atoms with van der Waals surface area (Å²) >= 11 is 0. The first-order valence-corrected chi connectivity index (χ1v) is 11.8. The van der Waals surface area contributed by atoms with Gasteiger partial charge < -0.3 is 20.1 Å². The van der Waals surface area contributed by atoms with Crippen molar-refractivity contribution < 1.29 is 19.1 Å². The molecule has 1 aliphatic carbocycles. The number of carbonyl (C=O) groups is 2. The lowest BCUT2D eigenvalue weighted by molar-refractivity contribution is -0.123. The van der Waals surface area contributed by atoms with Crippen molar-refractivity contribution in [3.63, 3.8) is 0 Å². The van der Waals surface area contributed by atoms with Crippen LogP contribution in [0, 0.1) is 0 Å². The predicted octanol–water partition coefficient (Wildman–Crippen LogP) is 3.47. The van der Waals surface area contributed by atoms with Crippen LogP contribution in [0.15, 0.2) is 36.4 Å². The van der Waals surface area contributed by atoms with Crippen LogP contribution in [0.5, 0.6) is 11.5 Å². The molecule has 0 bridgehead atoms. The third-order valence-electron chi connectivity index (χ3n) is 6.26. The van der Waals surface area contributed by atoms with Gasteiger partial charge in [-0.05, 0) is 68.0 Å². The number of hydrogen-bond acceptors (Lipinski definition) is 5. The number of fused-ring (bicyclic) bond motifs is 2. The van der Waals surface area contributed by atoms with E-state index in [-0.39, 0.29) is 30.9 Å². The normalized spacial score (nSPS) is 15.5. The molecule has 0 fully saturated rings. The van der Waals surface area contributed by atoms with Crippen LogP contribution in [-0.2, 0) is 22.4 Å². The zero-order valence-electron chi connectivity index (χ0n) is 19.5. The number of anilines is 1. The minimum absolute atomic E-state index is 0.0741. The van der Waals surface area contributed by atoms with Crippen LogP contribution >= 0.6 is 0 Å². The topological polar surface area (TPSA) is 79.9 Å². The number of hydrogen-bond donors (Lipinski definition) is 2. The van der Waals surface area contributed by atoms with Gasteiger partial charge in [0.25, 0.3) is 0 Å². The molecule has 33 heavy (non-hydrogen) atoms. The molecule has 1 heterocycles. The minimum Gasteiger partial charge on any atom is -0.486 e. The second-order valence-electron chi connectivity index (χ2n) is 8.73. The predicted molar refractivity (Wildman–Crippen MR) is 128 cm³/mol. The number of ether oxygens (including phenoxy) is 2. The quantitative estimate of drug-likeness (QED) is 0.643. The Morgan fingerprint density at radius 1 is 0.939 bits per heavy atom.